The quantitative estimate of drug-likeness (QED) is 0.794. The second kappa shape index (κ2) is 6.85. The van der Waals surface area contributed by atoms with Crippen LogP contribution in [0.5, 0.6) is 0 Å². The van der Waals surface area contributed by atoms with Gasteiger partial charge in [-0.15, -0.1) is 0 Å². The largest absolute Gasteiger partial charge is 0.314 e. The van der Waals surface area contributed by atoms with E-state index in [0.29, 0.717) is 6.04 Å². The summed E-state index contributed by atoms with van der Waals surface area (Å²) in [5, 5.41) is 10.4. The van der Waals surface area contributed by atoms with E-state index in [1.54, 1.807) is 6.33 Å². The molecule has 0 aliphatic carbocycles. The predicted molar refractivity (Wildman–Crippen MR) is 72.4 cm³/mol. The Balaban J connectivity index is 1.64. The van der Waals surface area contributed by atoms with E-state index in [9.17, 15) is 0 Å². The van der Waals surface area contributed by atoms with Gasteiger partial charge in [0.15, 0.2) is 0 Å². The molecule has 1 aliphatic rings. The van der Waals surface area contributed by atoms with Crippen molar-refractivity contribution in [3.8, 4) is 0 Å². The molecular formula is C13H25N5. The topological polar surface area (TPSA) is 56.8 Å². The highest BCUT2D eigenvalue weighted by atomic mass is 15.2. The summed E-state index contributed by atoms with van der Waals surface area (Å²) in [4.78, 5) is 6.67. The molecule has 0 aromatic carbocycles. The van der Waals surface area contributed by atoms with Gasteiger partial charge in [0.1, 0.15) is 12.2 Å². The first-order valence-electron chi connectivity index (χ1n) is 7.09. The maximum atomic E-state index is 4.13. The summed E-state index contributed by atoms with van der Waals surface area (Å²) in [6.45, 7) is 9.25. The normalized spacial score (nSPS) is 20.1. The van der Waals surface area contributed by atoms with Crippen molar-refractivity contribution in [2.75, 3.05) is 26.2 Å². The molecule has 1 atom stereocenters. The zero-order chi connectivity index (χ0) is 12.8. The van der Waals surface area contributed by atoms with E-state index in [4.69, 9.17) is 0 Å². The summed E-state index contributed by atoms with van der Waals surface area (Å²) in [6.07, 6.45) is 5.14. The number of nitrogens with zero attached hydrogens (tertiary/aromatic N) is 3. The molecule has 0 bridgehead atoms. The van der Waals surface area contributed by atoms with Crippen LogP contribution in [0.4, 0.5) is 0 Å². The van der Waals surface area contributed by atoms with Gasteiger partial charge < -0.3 is 10.2 Å². The van der Waals surface area contributed by atoms with Crippen molar-refractivity contribution >= 4 is 0 Å². The lowest BCUT2D eigenvalue weighted by Crippen LogP contribution is -2.42. The van der Waals surface area contributed by atoms with Crippen LogP contribution in [-0.2, 0) is 6.42 Å². The molecule has 1 aromatic rings. The second-order valence-electron chi connectivity index (χ2n) is 5.20. The van der Waals surface area contributed by atoms with E-state index >= 15 is 0 Å². The van der Waals surface area contributed by atoms with Crippen molar-refractivity contribution < 1.29 is 0 Å². The van der Waals surface area contributed by atoms with Gasteiger partial charge in [0, 0.05) is 19.0 Å². The van der Waals surface area contributed by atoms with E-state index in [2.05, 4.69) is 39.2 Å². The third kappa shape index (κ3) is 3.78. The third-order valence-corrected chi connectivity index (χ3v) is 4.08. The molecule has 0 saturated carbocycles. The molecule has 0 amide bonds. The molecule has 18 heavy (non-hydrogen) atoms. The minimum atomic E-state index is 0.604. The summed E-state index contributed by atoms with van der Waals surface area (Å²) in [7, 11) is 0. The Morgan fingerprint density at radius 2 is 2.28 bits per heavy atom. The van der Waals surface area contributed by atoms with Crippen molar-refractivity contribution in [1.29, 1.82) is 0 Å². The fourth-order valence-corrected chi connectivity index (χ4v) is 2.71. The van der Waals surface area contributed by atoms with Crippen LogP contribution in [0.15, 0.2) is 6.33 Å². The van der Waals surface area contributed by atoms with Crippen LogP contribution in [0.1, 0.15) is 32.5 Å². The fourth-order valence-electron chi connectivity index (χ4n) is 2.71. The summed E-state index contributed by atoms with van der Waals surface area (Å²) in [5.74, 6) is 1.79. The number of rotatable bonds is 6. The highest BCUT2D eigenvalue weighted by Crippen LogP contribution is 2.20. The Morgan fingerprint density at radius 3 is 2.89 bits per heavy atom. The Hall–Kier alpha value is -0.940. The number of likely N-dealkylation sites (tertiary alicyclic amines) is 1. The highest BCUT2D eigenvalue weighted by molar-refractivity contribution is 4.83. The van der Waals surface area contributed by atoms with E-state index in [0.717, 1.165) is 24.7 Å². The molecule has 102 valence electrons. The molecule has 1 saturated heterocycles. The minimum Gasteiger partial charge on any atom is -0.314 e. The molecule has 2 rings (SSSR count). The average molecular weight is 251 g/mol. The molecule has 1 fully saturated rings. The van der Waals surface area contributed by atoms with Gasteiger partial charge in [0.25, 0.3) is 0 Å². The van der Waals surface area contributed by atoms with Crippen LogP contribution >= 0.6 is 0 Å². The Kier molecular flexibility index (Phi) is 5.13. The number of hydrogen-bond donors (Lipinski definition) is 2. The smallest absolute Gasteiger partial charge is 0.137 e. The van der Waals surface area contributed by atoms with Crippen LogP contribution in [0, 0.1) is 5.92 Å². The van der Waals surface area contributed by atoms with Crippen LogP contribution in [0.2, 0.25) is 0 Å². The Labute approximate surface area is 109 Å². The molecule has 1 unspecified atom stereocenters. The van der Waals surface area contributed by atoms with Crippen LogP contribution in [0.25, 0.3) is 0 Å². The van der Waals surface area contributed by atoms with E-state index in [-0.39, 0.29) is 0 Å². The summed E-state index contributed by atoms with van der Waals surface area (Å²) < 4.78 is 0. The molecule has 0 radical (unpaired) electrons. The highest BCUT2D eigenvalue weighted by Gasteiger charge is 2.22. The summed E-state index contributed by atoms with van der Waals surface area (Å²) in [5.41, 5.74) is 0. The summed E-state index contributed by atoms with van der Waals surface area (Å²) in [6, 6.07) is 0.604. The SMILES string of the molecule is CCN1CCC(C(C)NCCc2ncn[nH]2)CC1. The van der Waals surface area contributed by atoms with Crippen molar-refractivity contribution in [2.24, 2.45) is 5.92 Å². The zero-order valence-corrected chi connectivity index (χ0v) is 11.5. The van der Waals surface area contributed by atoms with Gasteiger partial charge in [0.2, 0.25) is 0 Å². The maximum absolute atomic E-state index is 4.13. The molecule has 0 spiro atoms. The minimum absolute atomic E-state index is 0.604. The van der Waals surface area contributed by atoms with E-state index < -0.39 is 0 Å². The first kappa shape index (κ1) is 13.5. The van der Waals surface area contributed by atoms with Crippen LogP contribution in [-0.4, -0.2) is 52.3 Å². The van der Waals surface area contributed by atoms with Gasteiger partial charge in [-0.3, -0.25) is 5.10 Å². The lowest BCUT2D eigenvalue weighted by Gasteiger charge is -2.34. The zero-order valence-electron chi connectivity index (χ0n) is 11.5. The number of aromatic amines is 1. The van der Waals surface area contributed by atoms with Gasteiger partial charge in [-0.25, -0.2) is 4.98 Å². The summed E-state index contributed by atoms with van der Waals surface area (Å²) >= 11 is 0. The number of H-pyrrole nitrogens is 1. The third-order valence-electron chi connectivity index (χ3n) is 4.08. The Morgan fingerprint density at radius 1 is 1.50 bits per heavy atom. The molecule has 2 N–H and O–H groups in total. The van der Waals surface area contributed by atoms with Gasteiger partial charge in [-0.1, -0.05) is 6.92 Å². The van der Waals surface area contributed by atoms with Crippen molar-refractivity contribution in [1.82, 2.24) is 25.4 Å². The fraction of sp³-hybridized carbons (Fsp3) is 0.846. The van der Waals surface area contributed by atoms with Crippen LogP contribution in [0.3, 0.4) is 0 Å². The molecular weight excluding hydrogens is 226 g/mol. The maximum Gasteiger partial charge on any atom is 0.137 e. The predicted octanol–water partition coefficient (Wildman–Crippen LogP) is 1.06. The van der Waals surface area contributed by atoms with Crippen LogP contribution < -0.4 is 5.32 Å². The first-order valence-corrected chi connectivity index (χ1v) is 7.09. The standard InChI is InChI=1S/C13H25N5/c1-3-18-8-5-12(6-9-18)11(2)14-7-4-13-15-10-16-17-13/h10-12,14H,3-9H2,1-2H3,(H,15,16,17). The van der Waals surface area contributed by atoms with Crippen molar-refractivity contribution in [3.05, 3.63) is 12.2 Å². The first-order chi connectivity index (χ1) is 8.79. The number of nitrogens with one attached hydrogen (secondary N) is 2. The van der Waals surface area contributed by atoms with Crippen molar-refractivity contribution in [3.63, 3.8) is 0 Å². The Bertz CT molecular complexity index is 316. The molecule has 1 aliphatic heterocycles. The molecule has 1 aromatic heterocycles. The van der Waals surface area contributed by atoms with E-state index in [1.165, 1.54) is 32.5 Å². The lowest BCUT2D eigenvalue weighted by molar-refractivity contribution is 0.169. The lowest BCUT2D eigenvalue weighted by atomic mass is 9.90. The number of piperidine rings is 1. The monoisotopic (exact) mass is 251 g/mol. The number of aromatic nitrogens is 3. The number of hydrogen-bond acceptors (Lipinski definition) is 4. The van der Waals surface area contributed by atoms with Gasteiger partial charge in [-0.2, -0.15) is 5.10 Å². The van der Waals surface area contributed by atoms with E-state index in [1.807, 2.05) is 0 Å². The average Bonchev–Trinajstić information content (AvgIpc) is 2.92. The van der Waals surface area contributed by atoms with Crippen molar-refractivity contribution in [2.45, 2.75) is 39.2 Å². The molecule has 2 heterocycles. The van der Waals surface area contributed by atoms with Gasteiger partial charge in [-0.05, 0) is 45.3 Å². The van der Waals surface area contributed by atoms with Gasteiger partial charge in [0.05, 0.1) is 0 Å². The van der Waals surface area contributed by atoms with Gasteiger partial charge >= 0.3 is 0 Å². The molecule has 5 nitrogen and oxygen atoms in total. The molecule has 5 heteroatoms. The second-order valence-corrected chi connectivity index (χ2v) is 5.20.